The number of rotatable bonds is 2. The topological polar surface area (TPSA) is 12.0 Å². The number of hydrogen-bond donors (Lipinski definition) is 1. The van der Waals surface area contributed by atoms with Gasteiger partial charge in [-0.3, -0.25) is 0 Å². The first kappa shape index (κ1) is 8.93. The van der Waals surface area contributed by atoms with Gasteiger partial charge in [-0.2, -0.15) is 0 Å². The maximum Gasteiger partial charge on any atom is 0.0175 e. The molecule has 1 aromatic rings. The lowest BCUT2D eigenvalue weighted by molar-refractivity contribution is 0.512. The molecule has 0 amide bonds. The van der Waals surface area contributed by atoms with E-state index in [2.05, 4.69) is 45.5 Å². The Labute approximate surface area is 93.0 Å². The highest BCUT2D eigenvalue weighted by Gasteiger charge is 2.56. The largest absolute Gasteiger partial charge is 0.316 e. The second-order valence-corrected chi connectivity index (χ2v) is 5.61. The van der Waals surface area contributed by atoms with Crippen LogP contribution in [-0.4, -0.2) is 13.1 Å². The Kier molecular flexibility index (Phi) is 1.96. The van der Waals surface area contributed by atoms with Crippen LogP contribution < -0.4 is 5.32 Å². The van der Waals surface area contributed by atoms with Crippen LogP contribution in [0.4, 0.5) is 0 Å². The minimum absolute atomic E-state index is 0.633. The number of hydrogen-bond acceptors (Lipinski definition) is 1. The number of nitrogens with one attached hydrogen (secondary N) is 1. The predicted molar refractivity (Wildman–Crippen MR) is 61.3 cm³/mol. The maximum absolute atomic E-state index is 3.48. The van der Waals surface area contributed by atoms with E-state index in [4.69, 9.17) is 0 Å². The average molecular weight is 252 g/mol. The zero-order chi connectivity index (χ0) is 9.60. The number of piperidine rings is 1. The van der Waals surface area contributed by atoms with E-state index in [0.717, 1.165) is 5.92 Å². The van der Waals surface area contributed by atoms with Gasteiger partial charge in [-0.05, 0) is 48.4 Å². The molecule has 1 aliphatic heterocycles. The van der Waals surface area contributed by atoms with E-state index in [1.54, 1.807) is 0 Å². The van der Waals surface area contributed by atoms with Gasteiger partial charge in [0.05, 0.1) is 0 Å². The van der Waals surface area contributed by atoms with E-state index in [-0.39, 0.29) is 0 Å². The van der Waals surface area contributed by atoms with Gasteiger partial charge in [0, 0.05) is 11.0 Å². The second kappa shape index (κ2) is 3.07. The van der Waals surface area contributed by atoms with Gasteiger partial charge >= 0.3 is 0 Å². The molecule has 1 nitrogen and oxygen atoms in total. The highest BCUT2D eigenvalue weighted by atomic mass is 79.9. The van der Waals surface area contributed by atoms with Crippen molar-refractivity contribution in [2.45, 2.75) is 12.8 Å². The molecule has 74 valence electrons. The van der Waals surface area contributed by atoms with Crippen molar-refractivity contribution in [1.29, 1.82) is 0 Å². The van der Waals surface area contributed by atoms with Crippen LogP contribution in [0.15, 0.2) is 28.7 Å². The van der Waals surface area contributed by atoms with Gasteiger partial charge in [0.15, 0.2) is 0 Å². The van der Waals surface area contributed by atoms with Crippen molar-refractivity contribution in [3.8, 4) is 0 Å². The highest BCUT2D eigenvalue weighted by Crippen LogP contribution is 2.56. The van der Waals surface area contributed by atoms with Gasteiger partial charge in [0.1, 0.15) is 0 Å². The molecular weight excluding hydrogens is 238 g/mol. The monoisotopic (exact) mass is 251 g/mol. The van der Waals surface area contributed by atoms with Crippen molar-refractivity contribution in [2.24, 2.45) is 11.3 Å². The predicted octanol–water partition coefficient (Wildman–Crippen LogP) is 2.60. The van der Waals surface area contributed by atoms with Gasteiger partial charge in [-0.1, -0.05) is 28.1 Å². The summed E-state index contributed by atoms with van der Waals surface area (Å²) in [6, 6.07) is 8.77. The molecule has 2 atom stereocenters. The SMILES string of the molecule is Brc1ccc(CC23CNCC2C3)cc1. The maximum atomic E-state index is 3.48. The van der Waals surface area contributed by atoms with E-state index in [9.17, 15) is 0 Å². The fourth-order valence-electron chi connectivity index (χ4n) is 2.72. The molecule has 1 saturated heterocycles. The zero-order valence-corrected chi connectivity index (χ0v) is 9.68. The van der Waals surface area contributed by atoms with Crippen LogP contribution in [0.1, 0.15) is 12.0 Å². The summed E-state index contributed by atoms with van der Waals surface area (Å²) in [6.45, 7) is 2.48. The molecule has 2 aliphatic rings. The molecule has 2 unspecified atom stereocenters. The summed E-state index contributed by atoms with van der Waals surface area (Å²) in [7, 11) is 0. The van der Waals surface area contributed by atoms with E-state index in [0.29, 0.717) is 5.41 Å². The quantitative estimate of drug-likeness (QED) is 0.853. The second-order valence-electron chi connectivity index (χ2n) is 4.70. The molecular formula is C12H14BrN. The summed E-state index contributed by atoms with van der Waals surface area (Å²) in [6.07, 6.45) is 2.70. The smallest absolute Gasteiger partial charge is 0.0175 e. The number of benzene rings is 1. The molecule has 1 saturated carbocycles. The minimum Gasteiger partial charge on any atom is -0.316 e. The van der Waals surface area contributed by atoms with E-state index in [1.807, 2.05) is 0 Å². The van der Waals surface area contributed by atoms with Crippen LogP contribution in [0, 0.1) is 11.3 Å². The standard InChI is InChI=1S/C12H14BrN/c13-11-3-1-9(2-4-11)5-12-6-10(12)7-14-8-12/h1-4,10,14H,5-8H2. The van der Waals surface area contributed by atoms with Crippen LogP contribution >= 0.6 is 15.9 Å². The third-order valence-electron chi connectivity index (χ3n) is 3.70. The van der Waals surface area contributed by atoms with Crippen molar-refractivity contribution >= 4 is 15.9 Å². The summed E-state index contributed by atoms with van der Waals surface area (Å²) in [5.41, 5.74) is 2.12. The lowest BCUT2D eigenvalue weighted by atomic mass is 9.96. The minimum atomic E-state index is 0.633. The first-order chi connectivity index (χ1) is 6.78. The molecule has 1 aliphatic carbocycles. The fraction of sp³-hybridized carbons (Fsp3) is 0.500. The number of fused-ring (bicyclic) bond motifs is 1. The average Bonchev–Trinajstić information content (AvgIpc) is 2.72. The molecule has 2 fully saturated rings. The molecule has 14 heavy (non-hydrogen) atoms. The van der Waals surface area contributed by atoms with Gasteiger partial charge in [-0.25, -0.2) is 0 Å². The fourth-order valence-corrected chi connectivity index (χ4v) is 2.98. The van der Waals surface area contributed by atoms with Crippen LogP contribution in [0.3, 0.4) is 0 Å². The molecule has 0 aromatic heterocycles. The van der Waals surface area contributed by atoms with Crippen LogP contribution in [0.25, 0.3) is 0 Å². The summed E-state index contributed by atoms with van der Waals surface area (Å²) in [4.78, 5) is 0. The summed E-state index contributed by atoms with van der Waals surface area (Å²) in [5.74, 6) is 0.964. The third-order valence-corrected chi connectivity index (χ3v) is 4.22. The first-order valence-electron chi connectivity index (χ1n) is 5.24. The summed E-state index contributed by atoms with van der Waals surface area (Å²) < 4.78 is 1.18. The molecule has 1 heterocycles. The molecule has 0 bridgehead atoms. The van der Waals surface area contributed by atoms with E-state index >= 15 is 0 Å². The summed E-state index contributed by atoms with van der Waals surface area (Å²) >= 11 is 3.47. The van der Waals surface area contributed by atoms with Gasteiger partial charge < -0.3 is 5.32 Å². The van der Waals surface area contributed by atoms with Crippen molar-refractivity contribution in [3.05, 3.63) is 34.3 Å². The Morgan fingerprint density at radius 2 is 2.14 bits per heavy atom. The third kappa shape index (κ3) is 1.41. The van der Waals surface area contributed by atoms with Crippen molar-refractivity contribution < 1.29 is 0 Å². The molecule has 3 rings (SSSR count). The van der Waals surface area contributed by atoms with Crippen LogP contribution in [-0.2, 0) is 6.42 Å². The number of halogens is 1. The van der Waals surface area contributed by atoms with Crippen molar-refractivity contribution in [2.75, 3.05) is 13.1 Å². The van der Waals surface area contributed by atoms with Gasteiger partial charge in [0.2, 0.25) is 0 Å². The van der Waals surface area contributed by atoms with Gasteiger partial charge in [0.25, 0.3) is 0 Å². The van der Waals surface area contributed by atoms with E-state index in [1.165, 1.54) is 36.0 Å². The summed E-state index contributed by atoms with van der Waals surface area (Å²) in [5, 5.41) is 3.48. The zero-order valence-electron chi connectivity index (χ0n) is 8.09. The lowest BCUT2D eigenvalue weighted by Gasteiger charge is -2.11. The lowest BCUT2D eigenvalue weighted by Crippen LogP contribution is -2.17. The Hall–Kier alpha value is -0.340. The Morgan fingerprint density at radius 3 is 2.71 bits per heavy atom. The first-order valence-corrected chi connectivity index (χ1v) is 6.03. The molecule has 0 radical (unpaired) electrons. The van der Waals surface area contributed by atoms with Crippen LogP contribution in [0.2, 0.25) is 0 Å². The molecule has 1 N–H and O–H groups in total. The van der Waals surface area contributed by atoms with Crippen molar-refractivity contribution in [3.63, 3.8) is 0 Å². The van der Waals surface area contributed by atoms with Gasteiger partial charge in [-0.15, -0.1) is 0 Å². The Balaban J connectivity index is 1.76. The highest BCUT2D eigenvalue weighted by molar-refractivity contribution is 9.10. The van der Waals surface area contributed by atoms with Crippen molar-refractivity contribution in [1.82, 2.24) is 5.32 Å². The molecule has 1 aromatic carbocycles. The van der Waals surface area contributed by atoms with Crippen LogP contribution in [0.5, 0.6) is 0 Å². The molecule has 0 spiro atoms. The molecule has 2 heteroatoms. The Bertz CT molecular complexity index is 346. The van der Waals surface area contributed by atoms with E-state index < -0.39 is 0 Å². The Morgan fingerprint density at radius 1 is 1.36 bits per heavy atom. The normalized spacial score (nSPS) is 34.2.